The lowest BCUT2D eigenvalue weighted by Crippen LogP contribution is -2.32. The Balaban J connectivity index is 3.50. The monoisotopic (exact) mass is 263 g/mol. The SMILES string of the molecule is CC(C)CCC(=O)NC(C)CCCBr. The molecule has 0 radical (unpaired) electrons. The first-order valence-electron chi connectivity index (χ1n) is 5.41. The maximum atomic E-state index is 11.4. The summed E-state index contributed by atoms with van der Waals surface area (Å²) < 4.78 is 0. The van der Waals surface area contributed by atoms with Crippen LogP contribution in [-0.2, 0) is 4.79 Å². The van der Waals surface area contributed by atoms with E-state index in [1.165, 1.54) is 0 Å². The van der Waals surface area contributed by atoms with Crippen LogP contribution in [0.1, 0.15) is 46.5 Å². The van der Waals surface area contributed by atoms with Crippen molar-refractivity contribution in [3.8, 4) is 0 Å². The second kappa shape index (κ2) is 8.27. The number of halogens is 1. The van der Waals surface area contributed by atoms with E-state index in [0.29, 0.717) is 18.4 Å². The van der Waals surface area contributed by atoms with Gasteiger partial charge in [-0.1, -0.05) is 29.8 Å². The van der Waals surface area contributed by atoms with Crippen LogP contribution >= 0.6 is 15.9 Å². The van der Waals surface area contributed by atoms with Crippen molar-refractivity contribution in [2.75, 3.05) is 5.33 Å². The van der Waals surface area contributed by atoms with E-state index < -0.39 is 0 Å². The summed E-state index contributed by atoms with van der Waals surface area (Å²) in [5.41, 5.74) is 0. The summed E-state index contributed by atoms with van der Waals surface area (Å²) in [5, 5.41) is 4.02. The summed E-state index contributed by atoms with van der Waals surface area (Å²) in [5.74, 6) is 0.805. The third-order valence-electron chi connectivity index (χ3n) is 2.13. The minimum atomic E-state index is 0.195. The Morgan fingerprint density at radius 1 is 1.29 bits per heavy atom. The van der Waals surface area contributed by atoms with Crippen molar-refractivity contribution in [2.45, 2.75) is 52.5 Å². The zero-order valence-corrected chi connectivity index (χ0v) is 11.1. The van der Waals surface area contributed by atoms with E-state index in [1.807, 2.05) is 0 Å². The van der Waals surface area contributed by atoms with Crippen LogP contribution in [0.5, 0.6) is 0 Å². The van der Waals surface area contributed by atoms with Crippen LogP contribution in [0.3, 0.4) is 0 Å². The molecule has 0 aromatic heterocycles. The van der Waals surface area contributed by atoms with Gasteiger partial charge in [0.2, 0.25) is 5.91 Å². The molecule has 0 aliphatic heterocycles. The van der Waals surface area contributed by atoms with Gasteiger partial charge in [-0.3, -0.25) is 4.79 Å². The van der Waals surface area contributed by atoms with Gasteiger partial charge in [0.1, 0.15) is 0 Å². The first-order chi connectivity index (χ1) is 6.56. The van der Waals surface area contributed by atoms with Crippen LogP contribution in [0.4, 0.5) is 0 Å². The van der Waals surface area contributed by atoms with Crippen LogP contribution in [0, 0.1) is 5.92 Å². The Kier molecular flexibility index (Phi) is 8.24. The molecule has 1 amide bonds. The predicted molar refractivity (Wildman–Crippen MR) is 64.7 cm³/mol. The van der Waals surface area contributed by atoms with E-state index in [9.17, 15) is 4.79 Å². The molecular formula is C11H22BrNO. The van der Waals surface area contributed by atoms with Crippen LogP contribution in [0.2, 0.25) is 0 Å². The summed E-state index contributed by atoms with van der Waals surface area (Å²) in [6, 6.07) is 0.312. The molecule has 0 aliphatic carbocycles. The summed E-state index contributed by atoms with van der Waals surface area (Å²) in [6.07, 6.45) is 3.82. The van der Waals surface area contributed by atoms with Gasteiger partial charge in [0.05, 0.1) is 0 Å². The molecule has 84 valence electrons. The lowest BCUT2D eigenvalue weighted by molar-refractivity contribution is -0.122. The number of carbonyl (C=O) groups excluding carboxylic acids is 1. The predicted octanol–water partition coefficient (Wildman–Crippen LogP) is 3.10. The van der Waals surface area contributed by atoms with Gasteiger partial charge in [-0.05, 0) is 32.1 Å². The molecule has 1 atom stereocenters. The fraction of sp³-hybridized carbons (Fsp3) is 0.909. The minimum Gasteiger partial charge on any atom is -0.354 e. The molecule has 0 bridgehead atoms. The fourth-order valence-corrected chi connectivity index (χ4v) is 1.55. The van der Waals surface area contributed by atoms with Crippen LogP contribution in [-0.4, -0.2) is 17.3 Å². The highest BCUT2D eigenvalue weighted by atomic mass is 79.9. The molecule has 3 heteroatoms. The highest BCUT2D eigenvalue weighted by Gasteiger charge is 2.07. The third-order valence-corrected chi connectivity index (χ3v) is 2.69. The van der Waals surface area contributed by atoms with Crippen molar-refractivity contribution in [3.05, 3.63) is 0 Å². The topological polar surface area (TPSA) is 29.1 Å². The Labute approximate surface area is 96.0 Å². The second-order valence-electron chi connectivity index (χ2n) is 4.23. The summed E-state index contributed by atoms with van der Waals surface area (Å²) in [6.45, 7) is 6.35. The third kappa shape index (κ3) is 8.54. The van der Waals surface area contributed by atoms with Crippen LogP contribution in [0.25, 0.3) is 0 Å². The second-order valence-corrected chi connectivity index (χ2v) is 5.03. The first-order valence-corrected chi connectivity index (χ1v) is 6.53. The zero-order valence-electron chi connectivity index (χ0n) is 9.48. The number of hydrogen-bond donors (Lipinski definition) is 1. The first kappa shape index (κ1) is 13.9. The molecule has 0 fully saturated rings. The molecule has 1 unspecified atom stereocenters. The van der Waals surface area contributed by atoms with Crippen molar-refractivity contribution in [3.63, 3.8) is 0 Å². The van der Waals surface area contributed by atoms with Crippen LogP contribution in [0.15, 0.2) is 0 Å². The number of nitrogens with one attached hydrogen (secondary N) is 1. The molecule has 0 spiro atoms. The molecule has 0 rings (SSSR count). The Morgan fingerprint density at radius 2 is 1.93 bits per heavy atom. The molecule has 14 heavy (non-hydrogen) atoms. The van der Waals surface area contributed by atoms with Gasteiger partial charge in [-0.2, -0.15) is 0 Å². The van der Waals surface area contributed by atoms with E-state index in [4.69, 9.17) is 0 Å². The van der Waals surface area contributed by atoms with Gasteiger partial charge in [-0.15, -0.1) is 0 Å². The number of alkyl halides is 1. The Hall–Kier alpha value is -0.0500. The average molecular weight is 264 g/mol. The van der Waals surface area contributed by atoms with Gasteiger partial charge in [0.15, 0.2) is 0 Å². The van der Waals surface area contributed by atoms with Gasteiger partial charge in [0, 0.05) is 17.8 Å². The maximum Gasteiger partial charge on any atom is 0.220 e. The van der Waals surface area contributed by atoms with Gasteiger partial charge >= 0.3 is 0 Å². The van der Waals surface area contributed by atoms with Gasteiger partial charge in [0.25, 0.3) is 0 Å². The molecular weight excluding hydrogens is 242 g/mol. The minimum absolute atomic E-state index is 0.195. The van der Waals surface area contributed by atoms with Crippen molar-refractivity contribution in [1.29, 1.82) is 0 Å². The average Bonchev–Trinajstić information content (AvgIpc) is 2.11. The Bertz CT molecular complexity index is 159. The smallest absolute Gasteiger partial charge is 0.220 e. The van der Waals surface area contributed by atoms with E-state index in [-0.39, 0.29) is 5.91 Å². The van der Waals surface area contributed by atoms with Crippen LogP contribution < -0.4 is 5.32 Å². The van der Waals surface area contributed by atoms with E-state index in [0.717, 1.165) is 24.6 Å². The van der Waals surface area contributed by atoms with E-state index >= 15 is 0 Å². The van der Waals surface area contributed by atoms with Crippen molar-refractivity contribution < 1.29 is 4.79 Å². The lowest BCUT2D eigenvalue weighted by Gasteiger charge is -2.13. The van der Waals surface area contributed by atoms with E-state index in [1.54, 1.807) is 0 Å². The number of hydrogen-bond acceptors (Lipinski definition) is 1. The molecule has 0 heterocycles. The molecule has 2 nitrogen and oxygen atoms in total. The number of carbonyl (C=O) groups is 1. The quantitative estimate of drug-likeness (QED) is 0.703. The summed E-state index contributed by atoms with van der Waals surface area (Å²) in [4.78, 5) is 11.4. The maximum absolute atomic E-state index is 11.4. The van der Waals surface area contributed by atoms with Gasteiger partial charge < -0.3 is 5.32 Å². The lowest BCUT2D eigenvalue weighted by atomic mass is 10.1. The van der Waals surface area contributed by atoms with E-state index in [2.05, 4.69) is 42.0 Å². The fourth-order valence-electron chi connectivity index (χ4n) is 1.22. The highest BCUT2D eigenvalue weighted by Crippen LogP contribution is 2.04. The molecule has 1 N–H and O–H groups in total. The zero-order chi connectivity index (χ0) is 11.0. The summed E-state index contributed by atoms with van der Waals surface area (Å²) in [7, 11) is 0. The largest absolute Gasteiger partial charge is 0.354 e. The van der Waals surface area contributed by atoms with Crippen molar-refractivity contribution in [2.24, 2.45) is 5.92 Å². The summed E-state index contributed by atoms with van der Waals surface area (Å²) >= 11 is 3.38. The molecule has 0 aliphatic rings. The number of rotatable bonds is 7. The van der Waals surface area contributed by atoms with Crippen molar-refractivity contribution in [1.82, 2.24) is 5.32 Å². The standard InChI is InChI=1S/C11H22BrNO/c1-9(2)6-7-11(14)13-10(3)5-4-8-12/h9-10H,4-8H2,1-3H3,(H,13,14). The van der Waals surface area contributed by atoms with Crippen molar-refractivity contribution >= 4 is 21.8 Å². The molecule has 0 aromatic rings. The highest BCUT2D eigenvalue weighted by molar-refractivity contribution is 9.09. The molecule has 0 saturated heterocycles. The number of amides is 1. The molecule has 0 aromatic carbocycles. The molecule has 0 saturated carbocycles. The normalized spacial score (nSPS) is 12.9. The Morgan fingerprint density at radius 3 is 2.43 bits per heavy atom. The van der Waals surface area contributed by atoms with Gasteiger partial charge in [-0.25, -0.2) is 0 Å².